The summed E-state index contributed by atoms with van der Waals surface area (Å²) in [5, 5.41) is 8.89. The van der Waals surface area contributed by atoms with Crippen LogP contribution in [0, 0.1) is 12.8 Å². The van der Waals surface area contributed by atoms with Gasteiger partial charge < -0.3 is 20.7 Å². The van der Waals surface area contributed by atoms with Crippen molar-refractivity contribution in [1.82, 2.24) is 16.0 Å². The van der Waals surface area contributed by atoms with Gasteiger partial charge in [0.1, 0.15) is 10.2 Å². The van der Waals surface area contributed by atoms with Crippen molar-refractivity contribution in [2.45, 2.75) is 108 Å². The molecule has 7 nitrogen and oxygen atoms in total. The molecule has 0 aliphatic carbocycles. The minimum atomic E-state index is -0.537. The zero-order valence-electron chi connectivity index (χ0n) is 24.0. The van der Waals surface area contributed by atoms with Crippen molar-refractivity contribution in [1.29, 1.82) is 0 Å². The first-order chi connectivity index (χ1) is 18.2. The van der Waals surface area contributed by atoms with Crippen molar-refractivity contribution in [2.75, 3.05) is 19.7 Å². The SMILES string of the molecule is Cc1ccc(CCCC(=O)NCCCC[C@H](NC(=O)CC(C)C)C(=O)NCCCCCCOC(C)I)cc1. The molecule has 1 aromatic rings. The topological polar surface area (TPSA) is 96.5 Å². The summed E-state index contributed by atoms with van der Waals surface area (Å²) in [6.07, 6.45) is 8.76. The Bertz CT molecular complexity index is 799. The number of carbonyl (C=O) groups excluding carboxylic acids is 3. The number of carbonyl (C=O) groups is 3. The molecular weight excluding hydrogens is 593 g/mol. The highest BCUT2D eigenvalue weighted by Crippen LogP contribution is 2.08. The molecule has 8 heteroatoms. The van der Waals surface area contributed by atoms with E-state index in [1.165, 1.54) is 11.1 Å². The molecule has 3 amide bonds. The van der Waals surface area contributed by atoms with Gasteiger partial charge >= 0.3 is 0 Å². The lowest BCUT2D eigenvalue weighted by atomic mass is 10.1. The van der Waals surface area contributed by atoms with Crippen LogP contribution < -0.4 is 16.0 Å². The second-order valence-electron chi connectivity index (χ2n) is 10.5. The minimum absolute atomic E-state index is 0.0620. The molecule has 0 radical (unpaired) electrons. The summed E-state index contributed by atoms with van der Waals surface area (Å²) in [5.41, 5.74) is 2.49. The van der Waals surface area contributed by atoms with Crippen molar-refractivity contribution in [3.63, 3.8) is 0 Å². The van der Waals surface area contributed by atoms with Gasteiger partial charge in [-0.3, -0.25) is 14.4 Å². The smallest absolute Gasteiger partial charge is 0.242 e. The number of nitrogens with one attached hydrogen (secondary N) is 3. The van der Waals surface area contributed by atoms with Crippen LogP contribution in [0.4, 0.5) is 0 Å². The van der Waals surface area contributed by atoms with Crippen molar-refractivity contribution in [2.24, 2.45) is 5.92 Å². The maximum absolute atomic E-state index is 12.8. The van der Waals surface area contributed by atoms with Gasteiger partial charge in [0.05, 0.1) is 0 Å². The zero-order valence-corrected chi connectivity index (χ0v) is 26.1. The molecular formula is C30H50IN3O4. The highest BCUT2D eigenvalue weighted by Gasteiger charge is 2.20. The van der Waals surface area contributed by atoms with Crippen LogP contribution in [0.15, 0.2) is 24.3 Å². The maximum Gasteiger partial charge on any atom is 0.242 e. The number of unbranched alkanes of at least 4 members (excludes halogenated alkanes) is 4. The van der Waals surface area contributed by atoms with Crippen LogP contribution in [-0.2, 0) is 25.5 Å². The number of hydrogen-bond acceptors (Lipinski definition) is 4. The molecule has 0 heterocycles. The summed E-state index contributed by atoms with van der Waals surface area (Å²) >= 11 is 2.25. The predicted molar refractivity (Wildman–Crippen MR) is 163 cm³/mol. The fourth-order valence-electron chi connectivity index (χ4n) is 4.05. The number of benzene rings is 1. The first kappa shape index (κ1) is 34.3. The number of halogens is 1. The Morgan fingerprint density at radius 3 is 2.18 bits per heavy atom. The van der Waals surface area contributed by atoms with E-state index in [0.29, 0.717) is 32.4 Å². The lowest BCUT2D eigenvalue weighted by molar-refractivity contribution is -0.129. The minimum Gasteiger partial charge on any atom is -0.368 e. The normalized spacial score (nSPS) is 12.7. The zero-order chi connectivity index (χ0) is 28.2. The molecule has 0 bridgehead atoms. The van der Waals surface area contributed by atoms with Crippen molar-refractivity contribution >= 4 is 40.3 Å². The van der Waals surface area contributed by atoms with Gasteiger partial charge in [0.2, 0.25) is 17.7 Å². The average Bonchev–Trinajstić information content (AvgIpc) is 2.85. The van der Waals surface area contributed by atoms with E-state index in [2.05, 4.69) is 69.7 Å². The van der Waals surface area contributed by atoms with Crippen LogP contribution in [0.1, 0.15) is 96.1 Å². The molecule has 0 fully saturated rings. The second kappa shape index (κ2) is 21.2. The quantitative estimate of drug-likeness (QED) is 0.0923. The summed E-state index contributed by atoms with van der Waals surface area (Å²) in [4.78, 5) is 37.3. The van der Waals surface area contributed by atoms with E-state index < -0.39 is 6.04 Å². The Morgan fingerprint density at radius 1 is 0.842 bits per heavy atom. The Kier molecular flexibility index (Phi) is 19.1. The summed E-state index contributed by atoms with van der Waals surface area (Å²) in [6, 6.07) is 7.89. The molecule has 1 aromatic carbocycles. The van der Waals surface area contributed by atoms with Crippen LogP contribution >= 0.6 is 22.6 Å². The molecule has 0 spiro atoms. The van der Waals surface area contributed by atoms with E-state index in [9.17, 15) is 14.4 Å². The number of alkyl halides is 1. The number of aryl methyl sites for hydroxylation is 2. The molecule has 216 valence electrons. The molecule has 0 aliphatic heterocycles. The lowest BCUT2D eigenvalue weighted by Crippen LogP contribution is -2.47. The summed E-state index contributed by atoms with van der Waals surface area (Å²) in [5.74, 6) is 0.0851. The molecule has 1 unspecified atom stereocenters. The van der Waals surface area contributed by atoms with Gasteiger partial charge in [0, 0.05) is 32.5 Å². The summed E-state index contributed by atoms with van der Waals surface area (Å²) < 4.78 is 5.78. The van der Waals surface area contributed by atoms with Gasteiger partial charge in [-0.1, -0.05) is 79.1 Å². The molecule has 2 atom stereocenters. The third-order valence-electron chi connectivity index (χ3n) is 6.19. The first-order valence-corrected chi connectivity index (χ1v) is 15.6. The average molecular weight is 644 g/mol. The highest BCUT2D eigenvalue weighted by atomic mass is 127. The van der Waals surface area contributed by atoms with Gasteiger partial charge in [-0.2, -0.15) is 0 Å². The summed E-state index contributed by atoms with van der Waals surface area (Å²) in [6.45, 7) is 10.0. The van der Waals surface area contributed by atoms with Crippen molar-refractivity contribution < 1.29 is 19.1 Å². The Balaban J connectivity index is 2.28. The van der Waals surface area contributed by atoms with E-state index in [0.717, 1.165) is 58.0 Å². The molecule has 0 saturated carbocycles. The van der Waals surface area contributed by atoms with Gasteiger partial charge in [-0.15, -0.1) is 0 Å². The first-order valence-electron chi connectivity index (χ1n) is 14.3. The van der Waals surface area contributed by atoms with Crippen LogP contribution in [0.3, 0.4) is 0 Å². The fraction of sp³-hybridized carbons (Fsp3) is 0.700. The van der Waals surface area contributed by atoms with Gasteiger partial charge in [-0.05, 0) is 70.3 Å². The van der Waals surface area contributed by atoms with Crippen molar-refractivity contribution in [3.05, 3.63) is 35.4 Å². The third-order valence-corrected chi connectivity index (χ3v) is 6.55. The number of hydrogen-bond donors (Lipinski definition) is 3. The van der Waals surface area contributed by atoms with Gasteiger partial charge in [-0.25, -0.2) is 0 Å². The van der Waals surface area contributed by atoms with Crippen LogP contribution in [-0.4, -0.2) is 47.6 Å². The molecule has 1 rings (SSSR count). The highest BCUT2D eigenvalue weighted by molar-refractivity contribution is 14.1. The largest absolute Gasteiger partial charge is 0.368 e. The maximum atomic E-state index is 12.8. The van der Waals surface area contributed by atoms with E-state index in [1.807, 2.05) is 20.8 Å². The summed E-state index contributed by atoms with van der Waals surface area (Å²) in [7, 11) is 0. The number of ether oxygens (including phenoxy) is 1. The molecule has 0 saturated heterocycles. The second-order valence-corrected chi connectivity index (χ2v) is 12.3. The van der Waals surface area contributed by atoms with Crippen LogP contribution in [0.5, 0.6) is 0 Å². The number of rotatable bonds is 21. The monoisotopic (exact) mass is 643 g/mol. The molecule has 3 N–H and O–H groups in total. The van der Waals surface area contributed by atoms with E-state index >= 15 is 0 Å². The van der Waals surface area contributed by atoms with E-state index in [1.54, 1.807) is 0 Å². The van der Waals surface area contributed by atoms with Gasteiger partial charge in [0.25, 0.3) is 0 Å². The molecule has 38 heavy (non-hydrogen) atoms. The fourth-order valence-corrected chi connectivity index (χ4v) is 4.31. The van der Waals surface area contributed by atoms with Crippen LogP contribution in [0.25, 0.3) is 0 Å². The van der Waals surface area contributed by atoms with Gasteiger partial charge in [0.15, 0.2) is 0 Å². The molecule has 0 aromatic heterocycles. The number of amides is 3. The van der Waals surface area contributed by atoms with Crippen LogP contribution in [0.2, 0.25) is 0 Å². The Morgan fingerprint density at radius 2 is 1.50 bits per heavy atom. The Hall–Kier alpha value is -1.68. The van der Waals surface area contributed by atoms with E-state index in [4.69, 9.17) is 4.74 Å². The third kappa shape index (κ3) is 18.6. The molecule has 0 aliphatic rings. The lowest BCUT2D eigenvalue weighted by Gasteiger charge is -2.19. The van der Waals surface area contributed by atoms with E-state index in [-0.39, 0.29) is 27.8 Å². The Labute approximate surface area is 244 Å². The van der Waals surface area contributed by atoms with Crippen molar-refractivity contribution in [3.8, 4) is 0 Å². The standard InChI is InChI=1S/C30H50IN3O4/c1-23(2)22-29(36)34-27(30(37)33-20-8-5-6-10-21-38-25(4)31)13-7-9-19-32-28(35)14-11-12-26-17-15-24(3)16-18-26/h15-18,23,25,27H,5-14,19-22H2,1-4H3,(H,32,35)(H,33,37)(H,34,36)/t25?,27-/m0/s1. The predicted octanol–water partition coefficient (Wildman–Crippen LogP) is 5.61.